The van der Waals surface area contributed by atoms with E-state index >= 15 is 0 Å². The number of benzene rings is 2. The Labute approximate surface area is 193 Å². The molecule has 3 aromatic rings. The van der Waals surface area contributed by atoms with Gasteiger partial charge in [0.2, 0.25) is 0 Å². The molecule has 0 saturated carbocycles. The highest BCUT2D eigenvalue weighted by molar-refractivity contribution is 9.10. The molecule has 5 nitrogen and oxygen atoms in total. The first-order valence-electron chi connectivity index (χ1n) is 9.71. The van der Waals surface area contributed by atoms with Crippen LogP contribution in [0.4, 0.5) is 14.5 Å². The monoisotopic (exact) mass is 507 g/mol. The third-order valence-corrected chi connectivity index (χ3v) is 6.32. The average molecular weight is 508 g/mol. The largest absolute Gasteiger partial charge is 0.493 e. The minimum absolute atomic E-state index is 0. The van der Waals surface area contributed by atoms with Crippen molar-refractivity contribution in [1.29, 1.82) is 0 Å². The molecule has 2 aliphatic heterocycles. The SMILES string of the molecule is O=C(N[C@H]1CCOc2ccccc21)c1cnc2c(Br)c(F)ccc2c1N1CC(F)C1.S. The zero-order valence-electron chi connectivity index (χ0n) is 16.4. The van der Waals surface area contributed by atoms with Crippen molar-refractivity contribution < 1.29 is 18.3 Å². The van der Waals surface area contributed by atoms with E-state index in [1.165, 1.54) is 12.3 Å². The van der Waals surface area contributed by atoms with Crippen molar-refractivity contribution in [2.75, 3.05) is 24.6 Å². The summed E-state index contributed by atoms with van der Waals surface area (Å²) in [7, 11) is 0. The zero-order valence-corrected chi connectivity index (χ0v) is 19.0. The molecule has 31 heavy (non-hydrogen) atoms. The molecule has 2 aromatic carbocycles. The fourth-order valence-corrected chi connectivity index (χ4v) is 4.48. The summed E-state index contributed by atoms with van der Waals surface area (Å²) in [5.74, 6) is 0.0149. The summed E-state index contributed by atoms with van der Waals surface area (Å²) in [5.41, 5.74) is 2.24. The molecule has 1 atom stereocenters. The molecular formula is C22H20BrF2N3O2S. The summed E-state index contributed by atoms with van der Waals surface area (Å²) in [4.78, 5) is 19.4. The molecule has 9 heteroatoms. The van der Waals surface area contributed by atoms with Gasteiger partial charge >= 0.3 is 0 Å². The van der Waals surface area contributed by atoms with E-state index in [9.17, 15) is 13.6 Å². The maximum Gasteiger partial charge on any atom is 0.255 e. The quantitative estimate of drug-likeness (QED) is 0.560. The number of para-hydroxylation sites is 1. The Hall–Kier alpha value is -2.39. The van der Waals surface area contributed by atoms with Crippen LogP contribution in [0.25, 0.3) is 10.9 Å². The Morgan fingerprint density at radius 2 is 2.00 bits per heavy atom. The second-order valence-corrected chi connectivity index (χ2v) is 8.27. The van der Waals surface area contributed by atoms with Gasteiger partial charge in [0.05, 0.1) is 47.0 Å². The van der Waals surface area contributed by atoms with Crippen molar-refractivity contribution in [3.63, 3.8) is 0 Å². The molecule has 1 fully saturated rings. The number of nitrogens with zero attached hydrogens (tertiary/aromatic N) is 2. The van der Waals surface area contributed by atoms with Gasteiger partial charge in [-0.2, -0.15) is 13.5 Å². The van der Waals surface area contributed by atoms with Crippen LogP contribution in [0, 0.1) is 5.82 Å². The number of aromatic nitrogens is 1. The number of rotatable bonds is 3. The summed E-state index contributed by atoms with van der Waals surface area (Å²) < 4.78 is 33.5. The predicted octanol–water partition coefficient (Wildman–Crippen LogP) is 4.66. The van der Waals surface area contributed by atoms with Crippen LogP contribution < -0.4 is 15.0 Å². The van der Waals surface area contributed by atoms with Crippen LogP contribution in [0.3, 0.4) is 0 Å². The molecule has 2 aliphatic rings. The standard InChI is InChI=1S/C22H18BrF2N3O2.H2S/c23-19-16(25)6-5-14-20(19)26-9-15(21(14)28-10-12(24)11-28)22(29)27-17-7-8-30-18-4-2-1-3-13(17)18;/h1-6,9,12,17H,7-8,10-11H2,(H,27,29);1H2/t17-;/m0./s1. The molecule has 1 saturated heterocycles. The highest BCUT2D eigenvalue weighted by Gasteiger charge is 2.32. The van der Waals surface area contributed by atoms with E-state index in [1.54, 1.807) is 11.0 Å². The number of ether oxygens (including phenoxy) is 1. The van der Waals surface area contributed by atoms with Crippen LogP contribution in [0.1, 0.15) is 28.4 Å². The van der Waals surface area contributed by atoms with E-state index in [1.807, 2.05) is 24.3 Å². The molecule has 0 spiro atoms. The molecule has 1 amide bonds. The highest BCUT2D eigenvalue weighted by atomic mass is 79.9. The number of alkyl halides is 1. The fraction of sp³-hybridized carbons (Fsp3) is 0.273. The van der Waals surface area contributed by atoms with Gasteiger partial charge in [0.15, 0.2) is 0 Å². The van der Waals surface area contributed by atoms with Gasteiger partial charge in [-0.15, -0.1) is 0 Å². The number of fused-ring (bicyclic) bond motifs is 2. The van der Waals surface area contributed by atoms with Crippen molar-refractivity contribution in [3.05, 3.63) is 64.0 Å². The van der Waals surface area contributed by atoms with Crippen LogP contribution in [-0.4, -0.2) is 36.8 Å². The van der Waals surface area contributed by atoms with Crippen molar-refractivity contribution >= 4 is 51.9 Å². The van der Waals surface area contributed by atoms with Crippen molar-refractivity contribution in [2.24, 2.45) is 0 Å². The first-order valence-corrected chi connectivity index (χ1v) is 10.5. The third kappa shape index (κ3) is 3.85. The van der Waals surface area contributed by atoms with Crippen molar-refractivity contribution in [1.82, 2.24) is 10.3 Å². The lowest BCUT2D eigenvalue weighted by Gasteiger charge is -2.38. The number of pyridine rings is 1. The Morgan fingerprint density at radius 1 is 1.23 bits per heavy atom. The van der Waals surface area contributed by atoms with E-state index in [-0.39, 0.29) is 43.0 Å². The van der Waals surface area contributed by atoms with Gasteiger partial charge < -0.3 is 15.0 Å². The van der Waals surface area contributed by atoms with Crippen LogP contribution in [0.5, 0.6) is 5.75 Å². The topological polar surface area (TPSA) is 54.5 Å². The molecule has 5 rings (SSSR count). The van der Waals surface area contributed by atoms with Crippen LogP contribution in [-0.2, 0) is 0 Å². The van der Waals surface area contributed by atoms with E-state index in [4.69, 9.17) is 4.74 Å². The van der Waals surface area contributed by atoms with Gasteiger partial charge in [-0.3, -0.25) is 9.78 Å². The molecule has 1 N–H and O–H groups in total. The van der Waals surface area contributed by atoms with Crippen molar-refractivity contribution in [3.8, 4) is 5.75 Å². The Kier molecular flexibility index (Phi) is 6.07. The highest BCUT2D eigenvalue weighted by Crippen LogP contribution is 2.38. The lowest BCUT2D eigenvalue weighted by Crippen LogP contribution is -2.49. The molecule has 0 bridgehead atoms. The molecule has 162 valence electrons. The van der Waals surface area contributed by atoms with Gasteiger partial charge in [0.25, 0.3) is 5.91 Å². The van der Waals surface area contributed by atoms with E-state index in [0.717, 1.165) is 11.3 Å². The lowest BCUT2D eigenvalue weighted by atomic mass is 9.99. The van der Waals surface area contributed by atoms with Gasteiger partial charge in [0.1, 0.15) is 17.7 Å². The smallest absolute Gasteiger partial charge is 0.255 e. The molecular weight excluding hydrogens is 488 g/mol. The first kappa shape index (κ1) is 21.8. The fourth-order valence-electron chi connectivity index (χ4n) is 4.03. The van der Waals surface area contributed by atoms with Crippen molar-refractivity contribution in [2.45, 2.75) is 18.6 Å². The normalized spacial score (nSPS) is 17.9. The summed E-state index contributed by atoms with van der Waals surface area (Å²) in [6.07, 6.45) is 1.13. The third-order valence-electron chi connectivity index (χ3n) is 5.56. The average Bonchev–Trinajstić information content (AvgIpc) is 2.73. The molecule has 0 unspecified atom stereocenters. The second-order valence-electron chi connectivity index (χ2n) is 7.48. The molecule has 3 heterocycles. The minimum Gasteiger partial charge on any atom is -0.493 e. The number of halogens is 3. The first-order chi connectivity index (χ1) is 14.5. The Balaban J connectivity index is 0.00000231. The zero-order chi connectivity index (χ0) is 20.8. The Morgan fingerprint density at radius 3 is 2.77 bits per heavy atom. The predicted molar refractivity (Wildman–Crippen MR) is 124 cm³/mol. The Bertz CT molecular complexity index is 1160. The molecule has 1 aromatic heterocycles. The van der Waals surface area contributed by atoms with E-state index < -0.39 is 12.0 Å². The molecule has 0 radical (unpaired) electrons. The number of nitrogens with one attached hydrogen (secondary N) is 1. The summed E-state index contributed by atoms with van der Waals surface area (Å²) in [6, 6.07) is 10.3. The van der Waals surface area contributed by atoms with Gasteiger partial charge in [-0.05, 0) is 34.1 Å². The number of hydrogen-bond acceptors (Lipinski definition) is 4. The second kappa shape index (κ2) is 8.63. The lowest BCUT2D eigenvalue weighted by molar-refractivity contribution is 0.0924. The van der Waals surface area contributed by atoms with Crippen LogP contribution in [0.15, 0.2) is 47.1 Å². The summed E-state index contributed by atoms with van der Waals surface area (Å²) in [5, 5.41) is 3.68. The van der Waals surface area contributed by atoms with E-state index in [0.29, 0.717) is 35.2 Å². The number of amides is 1. The van der Waals surface area contributed by atoms with E-state index in [2.05, 4.69) is 26.2 Å². The minimum atomic E-state index is -0.949. The number of anilines is 1. The maximum atomic E-state index is 14.0. The van der Waals surface area contributed by atoms with Gasteiger partial charge in [0, 0.05) is 23.6 Å². The van der Waals surface area contributed by atoms with Crippen LogP contribution in [0.2, 0.25) is 0 Å². The summed E-state index contributed by atoms with van der Waals surface area (Å²) >= 11 is 3.23. The maximum absolute atomic E-state index is 14.0. The van der Waals surface area contributed by atoms with Gasteiger partial charge in [-0.1, -0.05) is 18.2 Å². The van der Waals surface area contributed by atoms with Gasteiger partial charge in [-0.25, -0.2) is 8.78 Å². The summed E-state index contributed by atoms with van der Waals surface area (Å²) in [6.45, 7) is 0.885. The number of carbonyl (C=O) groups excluding carboxylic acids is 1. The number of carbonyl (C=O) groups is 1. The molecule has 0 aliphatic carbocycles. The number of hydrogen-bond donors (Lipinski definition) is 1. The van der Waals surface area contributed by atoms with Crippen LogP contribution >= 0.6 is 29.4 Å².